The van der Waals surface area contributed by atoms with Crippen LogP contribution in [0, 0.1) is 5.92 Å². The highest BCUT2D eigenvalue weighted by Crippen LogP contribution is 2.30. The topological polar surface area (TPSA) is 38.3 Å². The summed E-state index contributed by atoms with van der Waals surface area (Å²) in [6, 6.07) is 3.90. The van der Waals surface area contributed by atoms with Crippen LogP contribution in [0.15, 0.2) is 12.1 Å². The van der Waals surface area contributed by atoms with Gasteiger partial charge in [0.25, 0.3) is 0 Å². The number of benzene rings is 1. The van der Waals surface area contributed by atoms with Crippen molar-refractivity contribution in [3.05, 3.63) is 28.3 Å². The van der Waals surface area contributed by atoms with Crippen molar-refractivity contribution >= 4 is 23.2 Å². The summed E-state index contributed by atoms with van der Waals surface area (Å²) in [7, 11) is 0. The smallest absolute Gasteiger partial charge is 0.229 e. The molecular weight excluding hydrogens is 262 g/mol. The highest BCUT2D eigenvalue weighted by atomic mass is 35.5. The molecule has 1 N–H and O–H groups in total. The number of aryl methyl sites for hydroxylation is 1. The minimum absolute atomic E-state index is 0.0339. The van der Waals surface area contributed by atoms with Crippen molar-refractivity contribution in [2.75, 3.05) is 18.5 Å². The predicted octanol–water partition coefficient (Wildman–Crippen LogP) is 3.44. The lowest BCUT2D eigenvalue weighted by Crippen LogP contribution is -2.24. The van der Waals surface area contributed by atoms with E-state index in [9.17, 15) is 4.79 Å². The van der Waals surface area contributed by atoms with E-state index < -0.39 is 0 Å². The van der Waals surface area contributed by atoms with Gasteiger partial charge in [-0.3, -0.25) is 4.79 Å². The molecule has 1 aromatic carbocycles. The zero-order valence-corrected chi connectivity index (χ0v) is 12.2. The molecular formula is C15H20ClNO2. The van der Waals surface area contributed by atoms with Gasteiger partial charge in [-0.2, -0.15) is 0 Å². The molecule has 0 aromatic heterocycles. The maximum atomic E-state index is 12.2. The number of hydrogen-bond donors (Lipinski definition) is 1. The molecule has 104 valence electrons. The lowest BCUT2D eigenvalue weighted by atomic mass is 10.0. The second-order valence-corrected chi connectivity index (χ2v) is 5.22. The summed E-state index contributed by atoms with van der Waals surface area (Å²) in [5.74, 6) is 0.0116. The van der Waals surface area contributed by atoms with Crippen LogP contribution in [0.4, 0.5) is 5.69 Å². The van der Waals surface area contributed by atoms with Crippen LogP contribution in [-0.2, 0) is 22.4 Å². The fraction of sp³-hybridized carbons (Fsp3) is 0.533. The molecule has 1 saturated heterocycles. The predicted molar refractivity (Wildman–Crippen MR) is 77.8 cm³/mol. The molecule has 0 radical (unpaired) electrons. The summed E-state index contributed by atoms with van der Waals surface area (Å²) in [5.41, 5.74) is 3.05. The molecule has 4 heteroatoms. The van der Waals surface area contributed by atoms with E-state index in [0.29, 0.717) is 13.2 Å². The van der Waals surface area contributed by atoms with Crippen LogP contribution in [-0.4, -0.2) is 19.1 Å². The highest BCUT2D eigenvalue weighted by molar-refractivity contribution is 6.32. The Balaban J connectivity index is 2.26. The molecule has 3 nitrogen and oxygen atoms in total. The number of anilines is 1. The van der Waals surface area contributed by atoms with Crippen LogP contribution in [0.2, 0.25) is 5.02 Å². The van der Waals surface area contributed by atoms with Gasteiger partial charge in [0, 0.05) is 17.3 Å². The van der Waals surface area contributed by atoms with Gasteiger partial charge >= 0.3 is 0 Å². The molecule has 1 aromatic rings. The molecule has 19 heavy (non-hydrogen) atoms. The number of nitrogens with one attached hydrogen (secondary N) is 1. The van der Waals surface area contributed by atoms with E-state index in [1.54, 1.807) is 0 Å². The molecule has 2 rings (SSSR count). The Labute approximate surface area is 119 Å². The molecule has 0 saturated carbocycles. The van der Waals surface area contributed by atoms with Gasteiger partial charge in [0.2, 0.25) is 5.91 Å². The van der Waals surface area contributed by atoms with Gasteiger partial charge in [0.1, 0.15) is 0 Å². The number of carbonyl (C=O) groups is 1. The molecule has 1 heterocycles. The lowest BCUT2D eigenvalue weighted by molar-refractivity contribution is -0.119. The molecule has 1 aliphatic heterocycles. The number of hydrogen-bond acceptors (Lipinski definition) is 2. The van der Waals surface area contributed by atoms with Gasteiger partial charge in [-0.05, 0) is 36.5 Å². The van der Waals surface area contributed by atoms with E-state index in [4.69, 9.17) is 16.3 Å². The van der Waals surface area contributed by atoms with Gasteiger partial charge in [0.15, 0.2) is 0 Å². The third kappa shape index (κ3) is 3.10. The Bertz CT molecular complexity index is 467. The van der Waals surface area contributed by atoms with Gasteiger partial charge in [-0.1, -0.05) is 31.5 Å². The number of carbonyl (C=O) groups excluding carboxylic acids is 1. The molecule has 1 fully saturated rings. The Kier molecular flexibility index (Phi) is 4.83. The van der Waals surface area contributed by atoms with Crippen LogP contribution < -0.4 is 5.32 Å². The van der Waals surface area contributed by atoms with Crippen LogP contribution >= 0.6 is 11.6 Å². The standard InChI is InChI=1S/C15H20ClNO2/c1-3-10-5-6-13(16)12(4-2)14(10)17-15(18)11-7-8-19-9-11/h5-6,11H,3-4,7-9H2,1-2H3,(H,17,18). The van der Waals surface area contributed by atoms with Crippen molar-refractivity contribution in [1.29, 1.82) is 0 Å². The first-order chi connectivity index (χ1) is 9.17. The SMILES string of the molecule is CCc1ccc(Cl)c(CC)c1NC(=O)C1CCOC1. The lowest BCUT2D eigenvalue weighted by Gasteiger charge is -2.17. The van der Waals surface area contributed by atoms with Crippen molar-refractivity contribution in [2.24, 2.45) is 5.92 Å². The zero-order valence-electron chi connectivity index (χ0n) is 11.5. The highest BCUT2D eigenvalue weighted by Gasteiger charge is 2.24. The molecule has 0 bridgehead atoms. The maximum Gasteiger partial charge on any atom is 0.229 e. The van der Waals surface area contributed by atoms with Gasteiger partial charge in [-0.15, -0.1) is 0 Å². The van der Waals surface area contributed by atoms with E-state index >= 15 is 0 Å². The van der Waals surface area contributed by atoms with E-state index in [1.165, 1.54) is 0 Å². The quantitative estimate of drug-likeness (QED) is 0.918. The third-order valence-corrected chi connectivity index (χ3v) is 3.98. The minimum atomic E-state index is -0.0339. The molecule has 0 spiro atoms. The number of rotatable bonds is 4. The van der Waals surface area contributed by atoms with Crippen LogP contribution in [0.25, 0.3) is 0 Å². The van der Waals surface area contributed by atoms with E-state index in [2.05, 4.69) is 19.2 Å². The first-order valence-corrected chi connectivity index (χ1v) is 7.24. The molecule has 1 atom stereocenters. The van der Waals surface area contributed by atoms with Gasteiger partial charge in [-0.25, -0.2) is 0 Å². The normalized spacial score (nSPS) is 18.6. The van der Waals surface area contributed by atoms with Gasteiger partial charge in [0.05, 0.1) is 12.5 Å². The Hall–Kier alpha value is -1.06. The van der Waals surface area contributed by atoms with Crippen LogP contribution in [0.3, 0.4) is 0 Å². The second-order valence-electron chi connectivity index (χ2n) is 4.82. The Morgan fingerprint density at radius 2 is 2.21 bits per heavy atom. The molecule has 0 aliphatic carbocycles. The average molecular weight is 282 g/mol. The average Bonchev–Trinajstić information content (AvgIpc) is 2.93. The third-order valence-electron chi connectivity index (χ3n) is 3.63. The summed E-state index contributed by atoms with van der Waals surface area (Å²) in [6.07, 6.45) is 2.49. The monoisotopic (exact) mass is 281 g/mol. The van der Waals surface area contributed by atoms with E-state index in [1.807, 2.05) is 12.1 Å². The summed E-state index contributed by atoms with van der Waals surface area (Å²) in [4.78, 5) is 12.2. The van der Waals surface area contributed by atoms with Crippen molar-refractivity contribution in [3.8, 4) is 0 Å². The van der Waals surface area contributed by atoms with Crippen molar-refractivity contribution in [2.45, 2.75) is 33.1 Å². The fourth-order valence-electron chi connectivity index (χ4n) is 2.43. The second kappa shape index (κ2) is 6.40. The first kappa shape index (κ1) is 14.4. The van der Waals surface area contributed by atoms with Gasteiger partial charge < -0.3 is 10.1 Å². The summed E-state index contributed by atoms with van der Waals surface area (Å²) < 4.78 is 5.27. The number of ether oxygens (including phenoxy) is 1. The summed E-state index contributed by atoms with van der Waals surface area (Å²) in [6.45, 7) is 5.33. The van der Waals surface area contributed by atoms with E-state index in [0.717, 1.165) is 41.1 Å². The maximum absolute atomic E-state index is 12.2. The van der Waals surface area contributed by atoms with Crippen molar-refractivity contribution in [3.63, 3.8) is 0 Å². The Morgan fingerprint density at radius 1 is 1.42 bits per heavy atom. The molecule has 1 aliphatic rings. The van der Waals surface area contributed by atoms with E-state index in [-0.39, 0.29) is 11.8 Å². The zero-order chi connectivity index (χ0) is 13.8. The van der Waals surface area contributed by atoms with Crippen LogP contribution in [0.5, 0.6) is 0 Å². The summed E-state index contributed by atoms with van der Waals surface area (Å²) in [5, 5.41) is 3.78. The van der Waals surface area contributed by atoms with Crippen molar-refractivity contribution < 1.29 is 9.53 Å². The number of amides is 1. The summed E-state index contributed by atoms with van der Waals surface area (Å²) >= 11 is 6.23. The Morgan fingerprint density at radius 3 is 2.79 bits per heavy atom. The van der Waals surface area contributed by atoms with Crippen molar-refractivity contribution in [1.82, 2.24) is 0 Å². The molecule has 1 unspecified atom stereocenters. The fourth-order valence-corrected chi connectivity index (χ4v) is 2.72. The molecule has 1 amide bonds. The number of halogens is 1. The first-order valence-electron chi connectivity index (χ1n) is 6.86. The van der Waals surface area contributed by atoms with Crippen LogP contribution in [0.1, 0.15) is 31.4 Å². The minimum Gasteiger partial charge on any atom is -0.381 e. The largest absolute Gasteiger partial charge is 0.381 e.